The molecule has 1 N–H and O–H groups in total. The number of benzene rings is 1. The maximum absolute atomic E-state index is 6.25. The Morgan fingerprint density at radius 2 is 2.05 bits per heavy atom. The first-order valence-corrected chi connectivity index (χ1v) is 7.34. The third-order valence-electron chi connectivity index (χ3n) is 3.47. The molecule has 0 saturated heterocycles. The van der Waals surface area contributed by atoms with E-state index in [1.807, 2.05) is 32.2 Å². The van der Waals surface area contributed by atoms with Crippen molar-refractivity contribution in [3.63, 3.8) is 0 Å². The molecular weight excluding hydrogens is 290 g/mol. The molecule has 0 radical (unpaired) electrons. The van der Waals surface area contributed by atoms with E-state index >= 15 is 0 Å². The fourth-order valence-electron chi connectivity index (χ4n) is 2.33. The molecule has 3 rings (SSSR count). The van der Waals surface area contributed by atoms with Crippen LogP contribution in [-0.2, 0) is 13.6 Å². The van der Waals surface area contributed by atoms with Gasteiger partial charge in [-0.1, -0.05) is 11.6 Å². The van der Waals surface area contributed by atoms with Crippen LogP contribution in [0.1, 0.15) is 17.8 Å². The predicted octanol–water partition coefficient (Wildman–Crippen LogP) is 3.16. The van der Waals surface area contributed by atoms with Crippen molar-refractivity contribution in [1.29, 1.82) is 0 Å². The average Bonchev–Trinajstić information content (AvgIpc) is 2.66. The van der Waals surface area contributed by atoms with Gasteiger partial charge < -0.3 is 14.8 Å². The SMILES string of the molecule is Cc1nn(C)c(CNc2ccc3c(c2)OCCCO3)c1Cl. The van der Waals surface area contributed by atoms with E-state index in [0.29, 0.717) is 24.8 Å². The van der Waals surface area contributed by atoms with Crippen molar-refractivity contribution in [3.8, 4) is 11.5 Å². The first-order valence-electron chi connectivity index (χ1n) is 6.96. The number of halogens is 1. The molecule has 112 valence electrons. The molecule has 1 aliphatic rings. The summed E-state index contributed by atoms with van der Waals surface area (Å²) in [7, 11) is 1.89. The first-order chi connectivity index (χ1) is 10.1. The van der Waals surface area contributed by atoms with Gasteiger partial charge in [-0.15, -0.1) is 0 Å². The van der Waals surface area contributed by atoms with Gasteiger partial charge in [0.05, 0.1) is 36.2 Å². The van der Waals surface area contributed by atoms with Crippen LogP contribution in [0.4, 0.5) is 5.69 Å². The predicted molar refractivity (Wildman–Crippen MR) is 82.3 cm³/mol. The second kappa shape index (κ2) is 5.85. The van der Waals surface area contributed by atoms with Gasteiger partial charge >= 0.3 is 0 Å². The number of aryl methyl sites for hydroxylation is 2. The Labute approximate surface area is 128 Å². The second-order valence-electron chi connectivity index (χ2n) is 5.04. The molecule has 0 amide bonds. The van der Waals surface area contributed by atoms with Crippen LogP contribution in [0.25, 0.3) is 0 Å². The molecule has 0 unspecified atom stereocenters. The minimum atomic E-state index is 0.607. The third-order valence-corrected chi connectivity index (χ3v) is 3.96. The molecule has 0 aliphatic carbocycles. The van der Waals surface area contributed by atoms with Crippen LogP contribution in [-0.4, -0.2) is 23.0 Å². The number of ether oxygens (including phenoxy) is 2. The van der Waals surface area contributed by atoms with Gasteiger partial charge in [-0.05, 0) is 19.1 Å². The molecule has 0 fully saturated rings. The molecule has 0 atom stereocenters. The first kappa shape index (κ1) is 14.1. The summed E-state index contributed by atoms with van der Waals surface area (Å²) < 4.78 is 13.1. The maximum Gasteiger partial charge on any atom is 0.163 e. The van der Waals surface area contributed by atoms with Crippen molar-refractivity contribution < 1.29 is 9.47 Å². The molecule has 21 heavy (non-hydrogen) atoms. The summed E-state index contributed by atoms with van der Waals surface area (Å²) in [5.41, 5.74) is 2.77. The lowest BCUT2D eigenvalue weighted by atomic mass is 10.2. The van der Waals surface area contributed by atoms with Crippen molar-refractivity contribution in [3.05, 3.63) is 34.6 Å². The topological polar surface area (TPSA) is 48.3 Å². The highest BCUT2D eigenvalue weighted by Gasteiger charge is 2.13. The summed E-state index contributed by atoms with van der Waals surface area (Å²) in [6.45, 7) is 3.89. The molecule has 0 bridgehead atoms. The Morgan fingerprint density at radius 3 is 2.76 bits per heavy atom. The number of hydrogen-bond donors (Lipinski definition) is 1. The van der Waals surface area contributed by atoms with E-state index in [1.54, 1.807) is 4.68 Å². The molecule has 2 aromatic rings. The molecule has 0 spiro atoms. The monoisotopic (exact) mass is 307 g/mol. The van der Waals surface area contributed by atoms with Gasteiger partial charge in [0.2, 0.25) is 0 Å². The second-order valence-corrected chi connectivity index (χ2v) is 5.41. The number of hydrogen-bond acceptors (Lipinski definition) is 4. The van der Waals surface area contributed by atoms with Crippen LogP contribution < -0.4 is 14.8 Å². The number of anilines is 1. The summed E-state index contributed by atoms with van der Waals surface area (Å²) >= 11 is 6.25. The number of nitrogens with one attached hydrogen (secondary N) is 1. The van der Waals surface area contributed by atoms with E-state index < -0.39 is 0 Å². The number of nitrogens with zero attached hydrogens (tertiary/aromatic N) is 2. The Kier molecular flexibility index (Phi) is 3.92. The van der Waals surface area contributed by atoms with E-state index in [-0.39, 0.29) is 0 Å². The quantitative estimate of drug-likeness (QED) is 0.946. The zero-order valence-electron chi connectivity index (χ0n) is 12.1. The van der Waals surface area contributed by atoms with Gasteiger partial charge in [-0.25, -0.2) is 0 Å². The van der Waals surface area contributed by atoms with Crippen LogP contribution >= 0.6 is 11.6 Å². The fraction of sp³-hybridized carbons (Fsp3) is 0.400. The largest absolute Gasteiger partial charge is 0.490 e. The molecule has 1 aromatic carbocycles. The van der Waals surface area contributed by atoms with E-state index in [0.717, 1.165) is 35.0 Å². The Hall–Kier alpha value is -1.88. The van der Waals surface area contributed by atoms with E-state index in [1.165, 1.54) is 0 Å². The van der Waals surface area contributed by atoms with Crippen LogP contribution in [0.3, 0.4) is 0 Å². The fourth-order valence-corrected chi connectivity index (χ4v) is 2.56. The van der Waals surface area contributed by atoms with Crippen LogP contribution in [0.2, 0.25) is 5.02 Å². The standard InChI is InChI=1S/C15H18ClN3O2/c1-10-15(16)12(19(2)18-10)9-17-11-4-5-13-14(8-11)21-7-3-6-20-13/h4-5,8,17H,3,6-7,9H2,1-2H3. The third kappa shape index (κ3) is 2.93. The van der Waals surface area contributed by atoms with E-state index in [9.17, 15) is 0 Å². The van der Waals surface area contributed by atoms with Gasteiger partial charge in [0.15, 0.2) is 11.5 Å². The molecule has 1 aliphatic heterocycles. The maximum atomic E-state index is 6.25. The van der Waals surface area contributed by atoms with Crippen LogP contribution in [0, 0.1) is 6.92 Å². The van der Waals surface area contributed by atoms with Gasteiger partial charge in [0, 0.05) is 25.2 Å². The molecule has 6 heteroatoms. The molecule has 2 heterocycles. The van der Waals surface area contributed by atoms with Gasteiger partial charge in [0.25, 0.3) is 0 Å². The van der Waals surface area contributed by atoms with Crippen molar-refractivity contribution in [2.45, 2.75) is 19.9 Å². The molecular formula is C15H18ClN3O2. The lowest BCUT2D eigenvalue weighted by molar-refractivity contribution is 0.297. The van der Waals surface area contributed by atoms with Crippen LogP contribution in [0.5, 0.6) is 11.5 Å². The van der Waals surface area contributed by atoms with Crippen molar-refractivity contribution in [1.82, 2.24) is 9.78 Å². The summed E-state index contributed by atoms with van der Waals surface area (Å²) in [4.78, 5) is 0. The smallest absolute Gasteiger partial charge is 0.163 e. The molecule has 1 aromatic heterocycles. The van der Waals surface area contributed by atoms with E-state index in [2.05, 4.69) is 10.4 Å². The normalized spacial score (nSPS) is 13.9. The lowest BCUT2D eigenvalue weighted by Crippen LogP contribution is -2.06. The number of rotatable bonds is 3. The minimum absolute atomic E-state index is 0.607. The zero-order valence-corrected chi connectivity index (χ0v) is 12.9. The van der Waals surface area contributed by atoms with Crippen molar-refractivity contribution >= 4 is 17.3 Å². The Bertz CT molecular complexity index is 655. The minimum Gasteiger partial charge on any atom is -0.490 e. The summed E-state index contributed by atoms with van der Waals surface area (Å²) in [6, 6.07) is 5.86. The van der Waals surface area contributed by atoms with Gasteiger partial charge in [0.1, 0.15) is 0 Å². The highest BCUT2D eigenvalue weighted by atomic mass is 35.5. The van der Waals surface area contributed by atoms with E-state index in [4.69, 9.17) is 21.1 Å². The summed E-state index contributed by atoms with van der Waals surface area (Å²) in [5, 5.41) is 8.36. The Balaban J connectivity index is 1.75. The van der Waals surface area contributed by atoms with Gasteiger partial charge in [-0.3, -0.25) is 4.68 Å². The lowest BCUT2D eigenvalue weighted by Gasteiger charge is -2.11. The highest BCUT2D eigenvalue weighted by molar-refractivity contribution is 6.31. The highest BCUT2D eigenvalue weighted by Crippen LogP contribution is 2.32. The summed E-state index contributed by atoms with van der Waals surface area (Å²) in [5.74, 6) is 1.58. The molecule has 5 nitrogen and oxygen atoms in total. The van der Waals surface area contributed by atoms with Gasteiger partial charge in [-0.2, -0.15) is 5.10 Å². The Morgan fingerprint density at radius 1 is 1.29 bits per heavy atom. The van der Waals surface area contributed by atoms with Crippen LogP contribution in [0.15, 0.2) is 18.2 Å². The molecule has 0 saturated carbocycles. The average molecular weight is 308 g/mol. The van der Waals surface area contributed by atoms with Crippen molar-refractivity contribution in [2.75, 3.05) is 18.5 Å². The zero-order chi connectivity index (χ0) is 14.8. The summed E-state index contributed by atoms with van der Waals surface area (Å²) in [6.07, 6.45) is 0.904. The number of aromatic nitrogens is 2. The van der Waals surface area contributed by atoms with Crippen molar-refractivity contribution in [2.24, 2.45) is 7.05 Å². The number of fused-ring (bicyclic) bond motifs is 1.